The van der Waals surface area contributed by atoms with Gasteiger partial charge in [0, 0.05) is 28.6 Å². The maximum absolute atomic E-state index is 15.6. The summed E-state index contributed by atoms with van der Waals surface area (Å²) in [4.78, 5) is 27.1. The van der Waals surface area contributed by atoms with Gasteiger partial charge in [-0.15, -0.1) is 0 Å². The van der Waals surface area contributed by atoms with Crippen LogP contribution in [-0.2, 0) is 12.1 Å². The lowest BCUT2D eigenvalue weighted by atomic mass is 9.91. The molecule has 0 aliphatic carbocycles. The fraction of sp³-hybridized carbons (Fsp3) is 0.259. The molecule has 0 unspecified atom stereocenters. The van der Waals surface area contributed by atoms with E-state index in [9.17, 15) is 49.1 Å². The van der Waals surface area contributed by atoms with Crippen LogP contribution in [0.2, 0.25) is 5.02 Å². The van der Waals surface area contributed by atoms with Crippen molar-refractivity contribution in [2.24, 2.45) is 0 Å². The highest BCUT2D eigenvalue weighted by Crippen LogP contribution is 2.54. The first-order valence-electron chi connectivity index (χ1n) is 11.8. The predicted molar refractivity (Wildman–Crippen MR) is 139 cm³/mol. The molecule has 0 radical (unpaired) electrons. The SMILES string of the molecule is CCN(C(=O)c1ccccc1Cl)c1cccc(C(=O)Cc2c(Br)cc(C(F)(C(F)(F)F)C(F)(F)F)cc2OC(F)F)c1F. The smallest absolute Gasteiger partial charge is 0.434 e. The molecule has 3 aromatic rings. The summed E-state index contributed by atoms with van der Waals surface area (Å²) < 4.78 is 139. The van der Waals surface area contributed by atoms with Gasteiger partial charge in [-0.3, -0.25) is 9.59 Å². The van der Waals surface area contributed by atoms with Crippen LogP contribution in [0.1, 0.15) is 38.8 Å². The fourth-order valence-electron chi connectivity index (χ4n) is 4.07. The molecule has 0 aliphatic rings. The second-order valence-corrected chi connectivity index (χ2v) is 10.00. The number of ketones is 1. The zero-order chi connectivity index (χ0) is 32.5. The first-order chi connectivity index (χ1) is 19.8. The van der Waals surface area contributed by atoms with Gasteiger partial charge in [0.05, 0.1) is 21.8 Å². The minimum Gasteiger partial charge on any atom is -0.434 e. The zero-order valence-corrected chi connectivity index (χ0v) is 23.7. The van der Waals surface area contributed by atoms with Gasteiger partial charge in [0.2, 0.25) is 0 Å². The van der Waals surface area contributed by atoms with Gasteiger partial charge in [0.15, 0.2) is 11.6 Å². The molecule has 0 spiro atoms. The molecule has 232 valence electrons. The molecule has 0 saturated heterocycles. The van der Waals surface area contributed by atoms with Crippen LogP contribution in [0.5, 0.6) is 5.75 Å². The summed E-state index contributed by atoms with van der Waals surface area (Å²) in [7, 11) is 0. The monoisotopic (exact) mass is 707 g/mol. The Morgan fingerprint density at radius 3 is 2.05 bits per heavy atom. The summed E-state index contributed by atoms with van der Waals surface area (Å²) in [6.45, 7) is -2.44. The molecule has 0 bridgehead atoms. The lowest BCUT2D eigenvalue weighted by Gasteiger charge is -2.31. The largest absolute Gasteiger partial charge is 0.435 e. The number of benzene rings is 3. The highest BCUT2D eigenvalue weighted by molar-refractivity contribution is 9.10. The van der Waals surface area contributed by atoms with Crippen LogP contribution in [0.15, 0.2) is 59.1 Å². The average Bonchev–Trinajstić information content (AvgIpc) is 2.89. The van der Waals surface area contributed by atoms with Crippen molar-refractivity contribution in [2.45, 2.75) is 38.0 Å². The maximum Gasteiger partial charge on any atom is 0.435 e. The molecule has 0 fully saturated rings. The molecule has 0 heterocycles. The molecule has 1 amide bonds. The standard InChI is InChI=1S/C27H17BrClF10NO3/c1-2-40(23(42)14-6-3-4-8-18(14)29)19-9-5-7-15(22(19)30)20(41)12-16-17(28)10-13(11-21(16)43-24(31)32)25(33,26(34,35)36)27(37,38)39/h3-11,24H,2,12H2,1H3. The normalized spacial score (nSPS) is 12.4. The molecule has 0 atom stereocenters. The van der Waals surface area contributed by atoms with Crippen LogP contribution in [0.4, 0.5) is 49.6 Å². The van der Waals surface area contributed by atoms with Gasteiger partial charge in [-0.25, -0.2) is 8.78 Å². The van der Waals surface area contributed by atoms with Gasteiger partial charge < -0.3 is 9.64 Å². The van der Waals surface area contributed by atoms with Crippen molar-refractivity contribution < 1.29 is 58.2 Å². The molecular weight excluding hydrogens is 692 g/mol. The lowest BCUT2D eigenvalue weighted by Crippen LogP contribution is -2.50. The number of hydrogen-bond donors (Lipinski definition) is 0. The first-order valence-corrected chi connectivity index (χ1v) is 13.0. The number of alkyl halides is 9. The number of rotatable bonds is 9. The summed E-state index contributed by atoms with van der Waals surface area (Å²) in [5.74, 6) is -4.60. The zero-order valence-electron chi connectivity index (χ0n) is 21.4. The van der Waals surface area contributed by atoms with Gasteiger partial charge in [0.25, 0.3) is 5.91 Å². The quantitative estimate of drug-likeness (QED) is 0.165. The number of amides is 1. The van der Waals surface area contributed by atoms with Crippen molar-refractivity contribution >= 4 is 44.9 Å². The van der Waals surface area contributed by atoms with Crippen molar-refractivity contribution in [1.29, 1.82) is 0 Å². The Hall–Kier alpha value is -3.33. The van der Waals surface area contributed by atoms with E-state index >= 15 is 4.39 Å². The van der Waals surface area contributed by atoms with Gasteiger partial charge >= 0.3 is 24.6 Å². The van der Waals surface area contributed by atoms with E-state index in [-0.39, 0.29) is 29.3 Å². The fourth-order valence-corrected chi connectivity index (χ4v) is 4.87. The van der Waals surface area contributed by atoms with Gasteiger partial charge in [-0.1, -0.05) is 45.7 Å². The van der Waals surface area contributed by atoms with Crippen LogP contribution >= 0.6 is 27.5 Å². The maximum atomic E-state index is 15.6. The Kier molecular flexibility index (Phi) is 10.1. The minimum absolute atomic E-state index is 0.00149. The van der Waals surface area contributed by atoms with Crippen molar-refractivity contribution in [2.75, 3.05) is 11.4 Å². The number of anilines is 1. The Balaban J connectivity index is 2.08. The number of carbonyl (C=O) groups is 2. The minimum atomic E-state index is -6.57. The van der Waals surface area contributed by atoms with Crippen LogP contribution in [-0.4, -0.2) is 37.2 Å². The van der Waals surface area contributed by atoms with E-state index in [1.165, 1.54) is 31.2 Å². The Labute approximate surface area is 250 Å². The van der Waals surface area contributed by atoms with E-state index in [0.29, 0.717) is 0 Å². The second-order valence-electron chi connectivity index (χ2n) is 8.74. The number of ether oxygens (including phenoxy) is 1. The second kappa shape index (κ2) is 12.7. The van der Waals surface area contributed by atoms with E-state index < -0.39 is 81.2 Å². The molecule has 43 heavy (non-hydrogen) atoms. The summed E-state index contributed by atoms with van der Waals surface area (Å²) in [6, 6.07) is 8.86. The van der Waals surface area contributed by atoms with Crippen LogP contribution < -0.4 is 9.64 Å². The third-order valence-electron chi connectivity index (χ3n) is 6.12. The average molecular weight is 709 g/mol. The predicted octanol–water partition coefficient (Wildman–Crippen LogP) is 9.22. The molecule has 3 aromatic carbocycles. The lowest BCUT2D eigenvalue weighted by molar-refractivity contribution is -0.348. The highest BCUT2D eigenvalue weighted by atomic mass is 79.9. The van der Waals surface area contributed by atoms with Crippen LogP contribution in [0.3, 0.4) is 0 Å². The summed E-state index contributed by atoms with van der Waals surface area (Å²) in [5, 5.41) is 0.0480. The van der Waals surface area contributed by atoms with E-state index in [4.69, 9.17) is 11.6 Å². The Bertz CT molecular complexity index is 1510. The number of nitrogens with zero attached hydrogens (tertiary/aromatic N) is 1. The van der Waals surface area contributed by atoms with Gasteiger partial charge in [-0.05, 0) is 43.3 Å². The van der Waals surface area contributed by atoms with Crippen LogP contribution in [0.25, 0.3) is 0 Å². The highest BCUT2D eigenvalue weighted by Gasteiger charge is 2.73. The topological polar surface area (TPSA) is 46.6 Å². The molecule has 0 saturated carbocycles. The third-order valence-corrected chi connectivity index (χ3v) is 7.16. The van der Waals surface area contributed by atoms with Crippen molar-refractivity contribution in [3.8, 4) is 5.75 Å². The van der Waals surface area contributed by atoms with Crippen molar-refractivity contribution in [3.05, 3.63) is 92.2 Å². The first kappa shape index (κ1) is 34.2. The summed E-state index contributed by atoms with van der Waals surface area (Å²) in [5.41, 5.74) is -9.99. The van der Waals surface area contributed by atoms with E-state index in [2.05, 4.69) is 20.7 Å². The molecule has 4 nitrogen and oxygen atoms in total. The number of Topliss-reactive ketones (excluding diaryl/α,β-unsaturated/α-hetero) is 1. The van der Waals surface area contributed by atoms with Crippen LogP contribution in [0, 0.1) is 5.82 Å². The molecule has 3 rings (SSSR count). The number of hydrogen-bond acceptors (Lipinski definition) is 3. The van der Waals surface area contributed by atoms with Gasteiger partial charge in [-0.2, -0.15) is 35.1 Å². The van der Waals surface area contributed by atoms with E-state index in [1.807, 2.05) is 0 Å². The third kappa shape index (κ3) is 6.77. The summed E-state index contributed by atoms with van der Waals surface area (Å²) in [6.07, 6.45) is -14.2. The van der Waals surface area contributed by atoms with Crippen molar-refractivity contribution in [1.82, 2.24) is 0 Å². The van der Waals surface area contributed by atoms with Crippen molar-refractivity contribution in [3.63, 3.8) is 0 Å². The number of halogens is 12. The molecule has 0 aromatic heterocycles. The summed E-state index contributed by atoms with van der Waals surface area (Å²) >= 11 is 8.66. The van der Waals surface area contributed by atoms with Gasteiger partial charge in [0.1, 0.15) is 5.75 Å². The molecule has 0 N–H and O–H groups in total. The number of carbonyl (C=O) groups excluding carboxylic acids is 2. The molecule has 0 aliphatic heterocycles. The molecular formula is C27H17BrClF10NO3. The Morgan fingerprint density at radius 1 is 0.930 bits per heavy atom. The molecule has 16 heteroatoms. The Morgan fingerprint density at radius 2 is 1.51 bits per heavy atom. The van der Waals surface area contributed by atoms with E-state index in [0.717, 1.165) is 17.0 Å². The van der Waals surface area contributed by atoms with E-state index in [1.54, 1.807) is 6.07 Å².